The van der Waals surface area contributed by atoms with Gasteiger partial charge in [-0.2, -0.15) is 0 Å². The normalized spacial score (nSPS) is 12.8. The van der Waals surface area contributed by atoms with Crippen molar-refractivity contribution in [1.82, 2.24) is 5.32 Å². The maximum absolute atomic E-state index is 12.4. The number of ether oxygens (including phenoxy) is 1. The Kier molecular flexibility index (Phi) is 54.1. The van der Waals surface area contributed by atoms with Gasteiger partial charge in [-0.3, -0.25) is 9.59 Å². The van der Waals surface area contributed by atoms with Crippen molar-refractivity contribution >= 4 is 11.9 Å². The van der Waals surface area contributed by atoms with Gasteiger partial charge in [-0.25, -0.2) is 0 Å². The lowest BCUT2D eigenvalue weighted by atomic mass is 10.0. The molecule has 0 aliphatic heterocycles. The Morgan fingerprint density at radius 3 is 1.08 bits per heavy atom. The first-order chi connectivity index (χ1) is 32.5. The second kappa shape index (κ2) is 55.7. The number of aliphatic hydroxyl groups is 2. The fraction of sp³-hybridized carbons (Fsp3) is 0.867. The van der Waals surface area contributed by atoms with E-state index in [2.05, 4.69) is 43.5 Å². The fourth-order valence-electron chi connectivity index (χ4n) is 8.86. The maximum atomic E-state index is 12.4. The van der Waals surface area contributed by atoms with Crippen molar-refractivity contribution in [2.45, 2.75) is 321 Å². The van der Waals surface area contributed by atoms with Crippen molar-refractivity contribution < 1.29 is 24.5 Å². The summed E-state index contributed by atoms with van der Waals surface area (Å²) >= 11 is 0. The first-order valence-electron chi connectivity index (χ1n) is 29.3. The highest BCUT2D eigenvalue weighted by atomic mass is 16.5. The molecular formula is C60H113NO5. The number of carbonyl (C=O) groups is 2. The molecule has 0 spiro atoms. The molecule has 0 rings (SSSR count). The molecule has 1 amide bonds. The summed E-state index contributed by atoms with van der Waals surface area (Å²) in [6.07, 6.45) is 69.0. The van der Waals surface area contributed by atoms with Crippen molar-refractivity contribution in [2.75, 3.05) is 13.2 Å². The number of unbranched alkanes of at least 4 members (excludes halogenated alkanes) is 39. The molecule has 2 atom stereocenters. The lowest BCUT2D eigenvalue weighted by Crippen LogP contribution is -2.45. The zero-order chi connectivity index (χ0) is 47.9. The van der Waals surface area contributed by atoms with Crippen molar-refractivity contribution in [3.63, 3.8) is 0 Å². The minimum absolute atomic E-state index is 0.00606. The van der Waals surface area contributed by atoms with Gasteiger partial charge >= 0.3 is 5.97 Å². The molecule has 3 N–H and O–H groups in total. The minimum Gasteiger partial charge on any atom is -0.466 e. The number of esters is 1. The van der Waals surface area contributed by atoms with Crippen LogP contribution in [-0.4, -0.2) is 47.4 Å². The van der Waals surface area contributed by atoms with Crippen LogP contribution in [0.4, 0.5) is 0 Å². The molecule has 0 bridgehead atoms. The van der Waals surface area contributed by atoms with Gasteiger partial charge in [0.15, 0.2) is 0 Å². The second-order valence-corrected chi connectivity index (χ2v) is 20.0. The smallest absolute Gasteiger partial charge is 0.305 e. The molecule has 66 heavy (non-hydrogen) atoms. The number of amides is 1. The number of hydrogen-bond donors (Lipinski definition) is 3. The van der Waals surface area contributed by atoms with Crippen LogP contribution in [0.15, 0.2) is 36.5 Å². The van der Waals surface area contributed by atoms with Crippen LogP contribution in [0.5, 0.6) is 0 Å². The zero-order valence-electron chi connectivity index (χ0n) is 44.2. The third-order valence-electron chi connectivity index (χ3n) is 13.4. The Bertz CT molecular complexity index is 1070. The molecule has 6 heteroatoms. The van der Waals surface area contributed by atoms with Gasteiger partial charge in [-0.15, -0.1) is 0 Å². The first-order valence-corrected chi connectivity index (χ1v) is 29.3. The third kappa shape index (κ3) is 51.5. The van der Waals surface area contributed by atoms with Crippen molar-refractivity contribution in [1.29, 1.82) is 0 Å². The Morgan fingerprint density at radius 2 is 0.712 bits per heavy atom. The fourth-order valence-corrected chi connectivity index (χ4v) is 8.86. The van der Waals surface area contributed by atoms with Gasteiger partial charge in [0.25, 0.3) is 0 Å². The van der Waals surface area contributed by atoms with Gasteiger partial charge in [0, 0.05) is 12.8 Å². The lowest BCUT2D eigenvalue weighted by molar-refractivity contribution is -0.143. The Hall–Kier alpha value is -1.92. The third-order valence-corrected chi connectivity index (χ3v) is 13.4. The quantitative estimate of drug-likeness (QED) is 0.0321. The summed E-state index contributed by atoms with van der Waals surface area (Å²) < 4.78 is 5.49. The lowest BCUT2D eigenvalue weighted by Gasteiger charge is -2.20. The number of aliphatic hydroxyl groups excluding tert-OH is 2. The summed E-state index contributed by atoms with van der Waals surface area (Å²) in [5, 5.41) is 22.9. The Balaban J connectivity index is 3.39. The number of hydrogen-bond acceptors (Lipinski definition) is 5. The zero-order valence-corrected chi connectivity index (χ0v) is 44.2. The highest BCUT2D eigenvalue weighted by Crippen LogP contribution is 2.16. The van der Waals surface area contributed by atoms with Gasteiger partial charge in [0.2, 0.25) is 5.91 Å². The van der Waals surface area contributed by atoms with Crippen LogP contribution >= 0.6 is 0 Å². The molecule has 0 saturated carbocycles. The summed E-state index contributed by atoms with van der Waals surface area (Å²) in [4.78, 5) is 24.5. The van der Waals surface area contributed by atoms with Crippen LogP contribution in [-0.2, 0) is 14.3 Å². The highest BCUT2D eigenvalue weighted by molar-refractivity contribution is 5.76. The average Bonchev–Trinajstić information content (AvgIpc) is 3.32. The summed E-state index contributed by atoms with van der Waals surface area (Å²) in [7, 11) is 0. The van der Waals surface area contributed by atoms with Gasteiger partial charge in [0.05, 0.1) is 25.4 Å². The van der Waals surface area contributed by atoms with E-state index in [-0.39, 0.29) is 18.5 Å². The molecular weight excluding hydrogens is 815 g/mol. The molecule has 0 fully saturated rings. The van der Waals surface area contributed by atoms with E-state index in [0.717, 1.165) is 51.4 Å². The van der Waals surface area contributed by atoms with E-state index in [0.29, 0.717) is 19.4 Å². The van der Waals surface area contributed by atoms with Crippen LogP contribution in [0.1, 0.15) is 309 Å². The maximum Gasteiger partial charge on any atom is 0.305 e. The summed E-state index contributed by atoms with van der Waals surface area (Å²) in [6.45, 7) is 4.87. The molecule has 0 aromatic heterocycles. The standard InChI is InChI=1S/C60H113NO5/c1-3-5-7-9-11-13-14-15-16-17-25-28-31-34-38-42-46-50-54-60(65)66-55-51-47-43-39-35-32-29-26-23-21-19-18-20-22-24-27-30-33-37-41-45-49-53-59(64)61-57(56-62)58(63)52-48-44-40-36-12-10-8-6-4-2/h16-17,20,22,48,52,57-58,62-63H,3-15,18-19,21,23-47,49-51,53-56H2,1-2H3,(H,61,64)/b17-16-,22-20-,52-48+. The minimum atomic E-state index is -0.846. The van der Waals surface area contributed by atoms with E-state index in [1.807, 2.05) is 6.08 Å². The largest absolute Gasteiger partial charge is 0.466 e. The van der Waals surface area contributed by atoms with E-state index in [1.54, 1.807) is 6.08 Å². The monoisotopic (exact) mass is 928 g/mol. The summed E-state index contributed by atoms with van der Waals surface area (Å²) in [6, 6.07) is -0.631. The number of carbonyl (C=O) groups excluding carboxylic acids is 2. The van der Waals surface area contributed by atoms with Gasteiger partial charge in [0.1, 0.15) is 0 Å². The number of rotatable bonds is 54. The first kappa shape index (κ1) is 64.1. The molecule has 2 unspecified atom stereocenters. The molecule has 6 nitrogen and oxygen atoms in total. The molecule has 0 radical (unpaired) electrons. The molecule has 0 saturated heterocycles. The van der Waals surface area contributed by atoms with Crippen LogP contribution in [0.3, 0.4) is 0 Å². The van der Waals surface area contributed by atoms with E-state index < -0.39 is 12.1 Å². The molecule has 0 aromatic carbocycles. The van der Waals surface area contributed by atoms with E-state index >= 15 is 0 Å². The number of allylic oxidation sites excluding steroid dienone is 5. The van der Waals surface area contributed by atoms with Gasteiger partial charge < -0.3 is 20.3 Å². The van der Waals surface area contributed by atoms with Crippen LogP contribution in [0.2, 0.25) is 0 Å². The summed E-state index contributed by atoms with van der Waals surface area (Å²) in [5.41, 5.74) is 0. The van der Waals surface area contributed by atoms with E-state index in [9.17, 15) is 19.8 Å². The Morgan fingerprint density at radius 1 is 0.409 bits per heavy atom. The van der Waals surface area contributed by atoms with E-state index in [4.69, 9.17) is 4.74 Å². The van der Waals surface area contributed by atoms with Crippen LogP contribution < -0.4 is 5.32 Å². The van der Waals surface area contributed by atoms with Gasteiger partial charge in [-0.05, 0) is 83.5 Å². The molecule has 388 valence electrons. The highest BCUT2D eigenvalue weighted by Gasteiger charge is 2.18. The van der Waals surface area contributed by atoms with E-state index in [1.165, 1.54) is 231 Å². The SMILES string of the molecule is CCCCCCCCC/C=C\CCCCCCCCCC(=O)OCCCCCCCCCCCCC/C=C\CCCCCCCCCC(=O)NC(CO)C(O)/C=C/CCCCCCCCC. The molecule has 0 aliphatic carbocycles. The predicted octanol–water partition coefficient (Wildman–Crippen LogP) is 18.0. The van der Waals surface area contributed by atoms with Gasteiger partial charge in [-0.1, -0.05) is 249 Å². The molecule has 0 aromatic rings. The predicted molar refractivity (Wildman–Crippen MR) is 287 cm³/mol. The van der Waals surface area contributed by atoms with Crippen molar-refractivity contribution in [2.24, 2.45) is 0 Å². The topological polar surface area (TPSA) is 95.9 Å². The van der Waals surface area contributed by atoms with Crippen LogP contribution in [0.25, 0.3) is 0 Å². The van der Waals surface area contributed by atoms with Crippen LogP contribution in [0, 0.1) is 0 Å². The van der Waals surface area contributed by atoms with Crippen molar-refractivity contribution in [3.8, 4) is 0 Å². The Labute approximate surface area is 411 Å². The average molecular weight is 929 g/mol. The summed E-state index contributed by atoms with van der Waals surface area (Å²) in [5.74, 6) is -0.0718. The number of nitrogens with one attached hydrogen (secondary N) is 1. The van der Waals surface area contributed by atoms with Crippen molar-refractivity contribution in [3.05, 3.63) is 36.5 Å². The molecule has 0 aliphatic rings. The molecule has 0 heterocycles. The second-order valence-electron chi connectivity index (χ2n) is 20.0.